The van der Waals surface area contributed by atoms with E-state index in [1.165, 1.54) is 32.4 Å². The van der Waals surface area contributed by atoms with Crippen LogP contribution < -0.4 is 0 Å². The second-order valence-electron chi connectivity index (χ2n) is 8.68. The molecule has 28 heavy (non-hydrogen) atoms. The van der Waals surface area contributed by atoms with E-state index in [2.05, 4.69) is 39.0 Å². The van der Waals surface area contributed by atoms with Crippen LogP contribution in [0.15, 0.2) is 30.5 Å². The van der Waals surface area contributed by atoms with Crippen molar-refractivity contribution in [3.05, 3.63) is 41.0 Å². The van der Waals surface area contributed by atoms with Crippen molar-refractivity contribution in [2.24, 2.45) is 11.3 Å². The number of fused-ring (bicyclic) bond motifs is 1. The van der Waals surface area contributed by atoms with E-state index in [0.29, 0.717) is 27.6 Å². The molecule has 2 aliphatic rings. The van der Waals surface area contributed by atoms with Crippen molar-refractivity contribution < 1.29 is 5.11 Å². The van der Waals surface area contributed by atoms with E-state index in [4.69, 9.17) is 11.6 Å². The first-order valence-electron chi connectivity index (χ1n) is 9.96. The SMILES string of the molecule is Cc1cc(Cl)cc(O)c1-c1cc2ccn(CC3CCN(C)CC34CC4)c2nn1. The maximum Gasteiger partial charge on any atom is 0.162 e. The van der Waals surface area contributed by atoms with E-state index in [-0.39, 0.29) is 5.75 Å². The molecule has 5 nitrogen and oxygen atoms in total. The van der Waals surface area contributed by atoms with Gasteiger partial charge in [0.15, 0.2) is 5.65 Å². The van der Waals surface area contributed by atoms with Crippen molar-refractivity contribution in [2.45, 2.75) is 32.7 Å². The summed E-state index contributed by atoms with van der Waals surface area (Å²) < 4.78 is 2.26. The lowest BCUT2D eigenvalue weighted by Gasteiger charge is -2.37. The van der Waals surface area contributed by atoms with Gasteiger partial charge in [-0.05, 0) is 80.9 Å². The van der Waals surface area contributed by atoms with Crippen molar-refractivity contribution in [3.63, 3.8) is 0 Å². The van der Waals surface area contributed by atoms with Crippen LogP contribution in [0, 0.1) is 18.3 Å². The molecule has 1 N–H and O–H groups in total. The number of aryl methyl sites for hydroxylation is 1. The van der Waals surface area contributed by atoms with Crippen LogP contribution in [0.25, 0.3) is 22.3 Å². The van der Waals surface area contributed by atoms with Crippen LogP contribution in [0.3, 0.4) is 0 Å². The Morgan fingerprint density at radius 2 is 2.07 bits per heavy atom. The zero-order valence-electron chi connectivity index (χ0n) is 16.3. The Bertz CT molecular complexity index is 1030. The Labute approximate surface area is 169 Å². The van der Waals surface area contributed by atoms with Crippen LogP contribution >= 0.6 is 11.6 Å². The van der Waals surface area contributed by atoms with E-state index in [1.54, 1.807) is 6.07 Å². The molecule has 1 spiro atoms. The van der Waals surface area contributed by atoms with Gasteiger partial charge in [0.2, 0.25) is 0 Å². The molecule has 1 unspecified atom stereocenters. The molecule has 2 fully saturated rings. The molecule has 146 valence electrons. The number of likely N-dealkylation sites (tertiary alicyclic amines) is 1. The Morgan fingerprint density at radius 1 is 1.25 bits per heavy atom. The summed E-state index contributed by atoms with van der Waals surface area (Å²) in [4.78, 5) is 2.48. The van der Waals surface area contributed by atoms with E-state index in [1.807, 2.05) is 19.1 Å². The first-order chi connectivity index (χ1) is 13.4. The summed E-state index contributed by atoms with van der Waals surface area (Å²) in [6, 6.07) is 7.50. The summed E-state index contributed by atoms with van der Waals surface area (Å²) in [5.74, 6) is 0.850. The fourth-order valence-corrected chi connectivity index (χ4v) is 5.26. The second kappa shape index (κ2) is 6.46. The van der Waals surface area contributed by atoms with Crippen LogP contribution in [0.1, 0.15) is 24.8 Å². The van der Waals surface area contributed by atoms with Gasteiger partial charge in [0, 0.05) is 35.3 Å². The number of phenols is 1. The van der Waals surface area contributed by atoms with E-state index < -0.39 is 0 Å². The van der Waals surface area contributed by atoms with Crippen LogP contribution in [0.2, 0.25) is 5.02 Å². The van der Waals surface area contributed by atoms with Crippen molar-refractivity contribution >= 4 is 22.6 Å². The lowest BCUT2D eigenvalue weighted by molar-refractivity contribution is 0.112. The number of aromatic hydroxyl groups is 1. The minimum absolute atomic E-state index is 0.139. The lowest BCUT2D eigenvalue weighted by atomic mass is 9.82. The quantitative estimate of drug-likeness (QED) is 0.708. The fourth-order valence-electron chi connectivity index (χ4n) is 4.99. The number of rotatable bonds is 3. The third-order valence-electron chi connectivity index (χ3n) is 6.66. The van der Waals surface area contributed by atoms with Gasteiger partial charge in [0.1, 0.15) is 5.75 Å². The van der Waals surface area contributed by atoms with Gasteiger partial charge in [-0.3, -0.25) is 0 Å². The maximum atomic E-state index is 10.3. The number of aromatic nitrogens is 3. The van der Waals surface area contributed by atoms with Gasteiger partial charge in [-0.25, -0.2) is 0 Å². The standard InChI is InChI=1S/C22H25ClN4O/c1-14-9-17(23)11-19(28)20(14)18-10-15-3-8-27(21(15)25-24-18)12-16-4-7-26(2)13-22(16)5-6-22/h3,8-11,16,28H,4-7,12-13H2,1-2H3. The van der Waals surface area contributed by atoms with Crippen LogP contribution in [0.5, 0.6) is 5.75 Å². The maximum absolute atomic E-state index is 10.3. The molecular weight excluding hydrogens is 372 g/mol. The van der Waals surface area contributed by atoms with E-state index in [0.717, 1.165) is 23.1 Å². The molecule has 1 aliphatic heterocycles. The van der Waals surface area contributed by atoms with Gasteiger partial charge in [0.25, 0.3) is 0 Å². The van der Waals surface area contributed by atoms with Gasteiger partial charge in [0.05, 0.1) is 5.69 Å². The normalized spacial score (nSPS) is 21.5. The predicted octanol–water partition coefficient (Wildman–Crippen LogP) is 4.50. The number of piperidine rings is 1. The first-order valence-corrected chi connectivity index (χ1v) is 10.3. The minimum Gasteiger partial charge on any atom is -0.507 e. The molecule has 0 bridgehead atoms. The van der Waals surface area contributed by atoms with Crippen LogP contribution in [-0.2, 0) is 6.54 Å². The molecular formula is C22H25ClN4O. The lowest BCUT2D eigenvalue weighted by Crippen LogP contribution is -2.41. The first kappa shape index (κ1) is 18.0. The molecule has 1 atom stereocenters. The summed E-state index contributed by atoms with van der Waals surface area (Å²) in [6.45, 7) is 5.34. The highest BCUT2D eigenvalue weighted by atomic mass is 35.5. The van der Waals surface area contributed by atoms with E-state index in [9.17, 15) is 5.11 Å². The Balaban J connectivity index is 1.46. The highest BCUT2D eigenvalue weighted by Crippen LogP contribution is 2.56. The predicted molar refractivity (Wildman–Crippen MR) is 112 cm³/mol. The van der Waals surface area contributed by atoms with Crippen molar-refractivity contribution in [2.75, 3.05) is 20.1 Å². The van der Waals surface area contributed by atoms with Crippen molar-refractivity contribution in [3.8, 4) is 17.0 Å². The molecule has 1 saturated carbocycles. The average molecular weight is 397 g/mol. The highest BCUT2D eigenvalue weighted by molar-refractivity contribution is 6.31. The fraction of sp³-hybridized carbons (Fsp3) is 0.455. The summed E-state index contributed by atoms with van der Waals surface area (Å²) in [5.41, 5.74) is 3.70. The van der Waals surface area contributed by atoms with Crippen molar-refractivity contribution in [1.29, 1.82) is 0 Å². The monoisotopic (exact) mass is 396 g/mol. The molecule has 6 heteroatoms. The average Bonchev–Trinajstić information content (AvgIpc) is 3.28. The third-order valence-corrected chi connectivity index (χ3v) is 6.88. The summed E-state index contributed by atoms with van der Waals surface area (Å²) >= 11 is 6.04. The molecule has 3 heterocycles. The molecule has 0 amide bonds. The Kier molecular flexibility index (Phi) is 4.14. The van der Waals surface area contributed by atoms with Crippen LogP contribution in [0.4, 0.5) is 0 Å². The van der Waals surface area contributed by atoms with Gasteiger partial charge in [-0.2, -0.15) is 0 Å². The largest absolute Gasteiger partial charge is 0.507 e. The minimum atomic E-state index is 0.139. The van der Waals surface area contributed by atoms with Gasteiger partial charge in [-0.1, -0.05) is 11.6 Å². The molecule has 3 aromatic rings. The van der Waals surface area contributed by atoms with Gasteiger partial charge < -0.3 is 14.6 Å². The summed E-state index contributed by atoms with van der Waals surface area (Å²) in [7, 11) is 2.24. The zero-order chi connectivity index (χ0) is 19.5. The van der Waals surface area contributed by atoms with Gasteiger partial charge in [-0.15, -0.1) is 10.2 Å². The van der Waals surface area contributed by atoms with Crippen LogP contribution in [-0.4, -0.2) is 44.9 Å². The molecule has 1 aromatic carbocycles. The molecule has 0 radical (unpaired) electrons. The second-order valence-corrected chi connectivity index (χ2v) is 9.12. The molecule has 5 rings (SSSR count). The highest BCUT2D eigenvalue weighted by Gasteiger charge is 2.51. The number of hydrogen-bond acceptors (Lipinski definition) is 4. The molecule has 1 aliphatic carbocycles. The Hall–Kier alpha value is -2.11. The van der Waals surface area contributed by atoms with Gasteiger partial charge >= 0.3 is 0 Å². The summed E-state index contributed by atoms with van der Waals surface area (Å²) in [5, 5.41) is 20.9. The Morgan fingerprint density at radius 3 is 2.82 bits per heavy atom. The number of hydrogen-bond donors (Lipinski definition) is 1. The number of nitrogens with zero attached hydrogens (tertiary/aromatic N) is 4. The number of phenolic OH excluding ortho intramolecular Hbond substituents is 1. The van der Waals surface area contributed by atoms with Crippen molar-refractivity contribution in [1.82, 2.24) is 19.7 Å². The third kappa shape index (κ3) is 2.97. The zero-order valence-corrected chi connectivity index (χ0v) is 17.1. The molecule has 2 aromatic heterocycles. The number of halogens is 1. The topological polar surface area (TPSA) is 54.2 Å². The van der Waals surface area contributed by atoms with E-state index >= 15 is 0 Å². The smallest absolute Gasteiger partial charge is 0.162 e. The number of benzene rings is 1. The molecule has 1 saturated heterocycles. The summed E-state index contributed by atoms with van der Waals surface area (Å²) in [6.07, 6.45) is 6.09.